The van der Waals surface area contributed by atoms with E-state index in [1.54, 1.807) is 5.57 Å². The fourth-order valence-corrected chi connectivity index (χ4v) is 6.83. The molecule has 0 saturated carbocycles. The van der Waals surface area contributed by atoms with Gasteiger partial charge in [-0.1, -0.05) is 50.9 Å². The molecule has 0 unspecified atom stereocenters. The van der Waals surface area contributed by atoms with Crippen molar-refractivity contribution < 1.29 is 0 Å². The Balaban J connectivity index is 2.55. The molecule has 1 heterocycles. The van der Waals surface area contributed by atoms with E-state index < -0.39 is 8.07 Å². The van der Waals surface area contributed by atoms with Gasteiger partial charge in [0.15, 0.2) is 0 Å². The number of allylic oxidation sites excluding steroid dienone is 1. The third kappa shape index (κ3) is 4.02. The van der Waals surface area contributed by atoms with E-state index in [-0.39, 0.29) is 0 Å². The van der Waals surface area contributed by atoms with Gasteiger partial charge in [-0.05, 0) is 19.2 Å². The summed E-state index contributed by atoms with van der Waals surface area (Å²) in [5.74, 6) is 0. The van der Waals surface area contributed by atoms with Gasteiger partial charge in [-0.3, -0.25) is 0 Å². The number of nitrogens with zero attached hydrogens (tertiary/aromatic N) is 1. The first kappa shape index (κ1) is 12.8. The minimum atomic E-state index is -0.941. The maximum atomic E-state index is 2.42. The number of rotatable bonds is 7. The highest BCUT2D eigenvalue weighted by Gasteiger charge is 2.28. The molecule has 0 aromatic rings. The van der Waals surface area contributed by atoms with Gasteiger partial charge < -0.3 is 4.90 Å². The van der Waals surface area contributed by atoms with Gasteiger partial charge in [-0.2, -0.15) is 0 Å². The van der Waals surface area contributed by atoms with Gasteiger partial charge in [0.05, 0.1) is 8.07 Å². The van der Waals surface area contributed by atoms with Crippen LogP contribution in [0, 0.1) is 0 Å². The molecule has 0 bridgehead atoms. The van der Waals surface area contributed by atoms with E-state index in [9.17, 15) is 0 Å². The van der Waals surface area contributed by atoms with Crippen LogP contribution in [0.15, 0.2) is 11.8 Å². The molecule has 0 spiro atoms. The fourth-order valence-electron chi connectivity index (χ4n) is 2.61. The van der Waals surface area contributed by atoms with E-state index in [2.05, 4.69) is 38.8 Å². The lowest BCUT2D eigenvalue weighted by atomic mass is 10.4. The Kier molecular flexibility index (Phi) is 4.90. The van der Waals surface area contributed by atoms with Crippen molar-refractivity contribution in [2.75, 3.05) is 13.1 Å². The Labute approximate surface area is 96.6 Å². The van der Waals surface area contributed by atoms with Crippen molar-refractivity contribution in [2.45, 2.75) is 58.3 Å². The minimum Gasteiger partial charge on any atom is -0.374 e. The second-order valence-electron chi connectivity index (χ2n) is 5.15. The predicted molar refractivity (Wildman–Crippen MR) is 72.0 cm³/mol. The van der Waals surface area contributed by atoms with Gasteiger partial charge in [0.25, 0.3) is 0 Å². The second-order valence-corrected chi connectivity index (χ2v) is 10.4. The van der Waals surface area contributed by atoms with Gasteiger partial charge >= 0.3 is 0 Å². The smallest absolute Gasteiger partial charge is 0.0571 e. The van der Waals surface area contributed by atoms with E-state index in [0.717, 1.165) is 0 Å². The highest BCUT2D eigenvalue weighted by Crippen LogP contribution is 2.30. The van der Waals surface area contributed by atoms with Gasteiger partial charge in [0.1, 0.15) is 0 Å². The lowest BCUT2D eigenvalue weighted by Gasteiger charge is -2.29. The second kappa shape index (κ2) is 5.74. The molecule has 15 heavy (non-hydrogen) atoms. The van der Waals surface area contributed by atoms with Crippen LogP contribution < -0.4 is 0 Å². The molecule has 0 radical (unpaired) electrons. The summed E-state index contributed by atoms with van der Waals surface area (Å²) in [5.41, 5.74) is 1.64. The minimum absolute atomic E-state index is 0.941. The molecule has 0 amide bonds. The summed E-state index contributed by atoms with van der Waals surface area (Å²) in [5, 5.41) is 0. The fraction of sp³-hybridized carbons (Fsp3) is 0.846. The first-order chi connectivity index (χ1) is 7.15. The highest BCUT2D eigenvalue weighted by molar-refractivity contribution is 6.80. The third-order valence-electron chi connectivity index (χ3n) is 3.82. The zero-order valence-corrected chi connectivity index (χ0v) is 12.0. The Morgan fingerprint density at radius 1 is 1.20 bits per heavy atom. The summed E-state index contributed by atoms with van der Waals surface area (Å²) in [6.45, 7) is 12.1. The van der Waals surface area contributed by atoms with Crippen molar-refractivity contribution >= 4 is 8.07 Å². The van der Waals surface area contributed by atoms with Crippen LogP contribution in [-0.4, -0.2) is 26.1 Å². The van der Waals surface area contributed by atoms with E-state index >= 15 is 0 Å². The summed E-state index contributed by atoms with van der Waals surface area (Å²) >= 11 is 0. The first-order valence-corrected chi connectivity index (χ1v) is 9.40. The lowest BCUT2D eigenvalue weighted by Crippen LogP contribution is -2.32. The third-order valence-corrected chi connectivity index (χ3v) is 9.69. The monoisotopic (exact) mass is 225 g/mol. The molecule has 1 saturated heterocycles. The van der Waals surface area contributed by atoms with Gasteiger partial charge in [-0.15, -0.1) is 0 Å². The van der Waals surface area contributed by atoms with Gasteiger partial charge in [0.2, 0.25) is 0 Å². The van der Waals surface area contributed by atoms with E-state index in [1.165, 1.54) is 43.7 Å². The maximum Gasteiger partial charge on any atom is 0.0571 e. The van der Waals surface area contributed by atoms with Gasteiger partial charge in [-0.25, -0.2) is 0 Å². The molecular weight excluding hydrogens is 198 g/mol. The molecule has 1 nitrogen and oxygen atoms in total. The van der Waals surface area contributed by atoms with Gasteiger partial charge in [0, 0.05) is 13.1 Å². The topological polar surface area (TPSA) is 3.01 Å². The number of hydrogen-bond acceptors (Lipinski definition) is 1. The maximum absolute atomic E-state index is 2.42. The van der Waals surface area contributed by atoms with Crippen LogP contribution in [0.5, 0.6) is 0 Å². The molecule has 1 aliphatic rings. The molecule has 0 aromatic heterocycles. The van der Waals surface area contributed by atoms with Crippen LogP contribution in [0.1, 0.15) is 34.1 Å². The average Bonchev–Trinajstić information content (AvgIpc) is 3.01. The summed E-state index contributed by atoms with van der Waals surface area (Å²) < 4.78 is 0. The van der Waals surface area contributed by atoms with E-state index in [1.807, 2.05) is 0 Å². The SMILES string of the molecule is CCC[Si](CC)(CC)CC(C)=CN1CC1. The molecule has 2 heteroatoms. The van der Waals surface area contributed by atoms with E-state index in [4.69, 9.17) is 0 Å². The van der Waals surface area contributed by atoms with Crippen LogP contribution in [0.2, 0.25) is 24.2 Å². The molecule has 0 aliphatic carbocycles. The molecule has 0 N–H and O–H groups in total. The molecule has 1 fully saturated rings. The number of hydrogen-bond donors (Lipinski definition) is 0. The Hall–Kier alpha value is -0.243. The lowest BCUT2D eigenvalue weighted by molar-refractivity contribution is 0.760. The van der Waals surface area contributed by atoms with Crippen molar-refractivity contribution in [1.29, 1.82) is 0 Å². The quantitative estimate of drug-likeness (QED) is 0.465. The van der Waals surface area contributed by atoms with Crippen LogP contribution in [0.25, 0.3) is 0 Å². The molecule has 1 rings (SSSR count). The summed E-state index contributed by atoms with van der Waals surface area (Å²) in [4.78, 5) is 2.42. The zero-order valence-electron chi connectivity index (χ0n) is 11.0. The summed E-state index contributed by atoms with van der Waals surface area (Å²) in [6.07, 6.45) is 3.79. The van der Waals surface area contributed by atoms with Crippen LogP contribution in [0.3, 0.4) is 0 Å². The largest absolute Gasteiger partial charge is 0.374 e. The van der Waals surface area contributed by atoms with Crippen molar-refractivity contribution in [2.24, 2.45) is 0 Å². The van der Waals surface area contributed by atoms with Crippen LogP contribution in [-0.2, 0) is 0 Å². The van der Waals surface area contributed by atoms with Crippen molar-refractivity contribution in [3.63, 3.8) is 0 Å². The zero-order chi connectivity index (χ0) is 11.3. The summed E-state index contributed by atoms with van der Waals surface area (Å²) in [7, 11) is -0.941. The highest BCUT2D eigenvalue weighted by atomic mass is 28.3. The van der Waals surface area contributed by atoms with Crippen molar-refractivity contribution in [3.05, 3.63) is 11.8 Å². The normalized spacial score (nSPS) is 17.1. The van der Waals surface area contributed by atoms with Crippen molar-refractivity contribution in [1.82, 2.24) is 4.90 Å². The van der Waals surface area contributed by atoms with Crippen LogP contribution >= 0.6 is 0 Å². The Morgan fingerprint density at radius 2 is 1.80 bits per heavy atom. The molecule has 0 atom stereocenters. The van der Waals surface area contributed by atoms with Crippen LogP contribution in [0.4, 0.5) is 0 Å². The van der Waals surface area contributed by atoms with E-state index in [0.29, 0.717) is 0 Å². The molecular formula is C13H27NSi. The first-order valence-electron chi connectivity index (χ1n) is 6.57. The molecule has 0 aromatic carbocycles. The average molecular weight is 225 g/mol. The summed E-state index contributed by atoms with van der Waals surface area (Å²) in [6, 6.07) is 5.88. The van der Waals surface area contributed by atoms with Crippen molar-refractivity contribution in [3.8, 4) is 0 Å². The Morgan fingerprint density at radius 3 is 2.20 bits per heavy atom. The predicted octanol–water partition coefficient (Wildman–Crippen LogP) is 4.10. The standard InChI is InChI=1S/C13H27NSi/c1-5-10-15(6-2,7-3)12-13(4)11-14-8-9-14/h11H,5-10,12H2,1-4H3. The molecule has 88 valence electrons. The Bertz CT molecular complexity index is 215. The molecule has 1 aliphatic heterocycles.